The van der Waals surface area contributed by atoms with E-state index in [0.29, 0.717) is 37.0 Å². The average molecular weight is 655 g/mol. The minimum atomic E-state index is -3.91. The number of rotatable bonds is 3. The first-order valence-electron chi connectivity index (χ1n) is 16.6. The highest BCUT2D eigenvalue weighted by Crippen LogP contribution is 2.49. The van der Waals surface area contributed by atoms with Crippen molar-refractivity contribution in [1.29, 1.82) is 0 Å². The molecule has 7 nitrogen and oxygen atoms in total. The van der Waals surface area contributed by atoms with Crippen LogP contribution in [0.25, 0.3) is 0 Å². The highest BCUT2D eigenvalue weighted by atomic mass is 35.5. The van der Waals surface area contributed by atoms with Crippen molar-refractivity contribution in [3.05, 3.63) is 70.3 Å². The molecule has 2 aliphatic heterocycles. The first kappa shape index (κ1) is 32.4. The van der Waals surface area contributed by atoms with E-state index in [4.69, 9.17) is 21.1 Å². The molecule has 0 saturated heterocycles. The molecule has 244 valence electrons. The number of ether oxygens (including phenoxy) is 2. The summed E-state index contributed by atoms with van der Waals surface area (Å²) in [7, 11) is -3.91. The maximum absolute atomic E-state index is 13.5. The maximum atomic E-state index is 13.5. The Morgan fingerprint density at radius 1 is 1.16 bits per heavy atom. The third-order valence-electron chi connectivity index (χ3n) is 11.0. The molecule has 2 aromatic rings. The van der Waals surface area contributed by atoms with Crippen molar-refractivity contribution < 1.29 is 22.7 Å². The van der Waals surface area contributed by atoms with E-state index in [1.165, 1.54) is 11.1 Å². The number of anilines is 1. The quantitative estimate of drug-likeness (QED) is 0.357. The largest absolute Gasteiger partial charge is 0.490 e. The van der Waals surface area contributed by atoms with E-state index in [1.807, 2.05) is 25.1 Å². The third-order valence-corrected chi connectivity index (χ3v) is 13.2. The smallest absolute Gasteiger partial charge is 0.264 e. The molecular formula is C36H47ClN2O5S. The van der Waals surface area contributed by atoms with Crippen LogP contribution in [-0.4, -0.2) is 51.5 Å². The molecule has 1 fully saturated rings. The number of carbonyl (C=O) groups is 1. The Kier molecular flexibility index (Phi) is 9.05. The SMILES string of the molecule is CCCO[C@]1(C)/C=C/C[C@H](C)[C@@H](C)S(=O)(=O)NC(=O)c2ccc3c(c2)N(C[C@@H]2CC[C@H]21)C[C@@]1(CCCc2cc(Cl)ccc21)CO3. The molecule has 2 heterocycles. The number of hydrogen-bond acceptors (Lipinski definition) is 6. The Labute approximate surface area is 273 Å². The predicted molar refractivity (Wildman–Crippen MR) is 180 cm³/mol. The standard InChI is InChI=1S/C36H47ClN2O5S/c1-5-18-44-35(4)16-6-8-24(2)25(3)45(41,42)38-34(40)27-11-15-33-32(20-27)39(21-28-10-13-30(28)35)22-36(23-43-33)17-7-9-26-19-29(37)12-14-31(26)36/h6,11-12,14-16,19-20,24-25,28,30H,5,7-10,13,17-18,21-23H2,1-4H3,(H,38,40)/b16-6+/t24-,25+,28-,30+,35+,36-/m0/s1. The lowest BCUT2D eigenvalue weighted by Gasteiger charge is -2.50. The van der Waals surface area contributed by atoms with Crippen LogP contribution in [0.1, 0.15) is 87.7 Å². The average Bonchev–Trinajstić information content (AvgIpc) is 3.14. The lowest BCUT2D eigenvalue weighted by molar-refractivity contribution is -0.0861. The van der Waals surface area contributed by atoms with Gasteiger partial charge < -0.3 is 14.4 Å². The summed E-state index contributed by atoms with van der Waals surface area (Å²) in [6.07, 6.45) is 11.0. The molecule has 0 aromatic heterocycles. The van der Waals surface area contributed by atoms with Gasteiger partial charge in [-0.1, -0.05) is 43.7 Å². The maximum Gasteiger partial charge on any atom is 0.264 e. The molecule has 1 saturated carbocycles. The summed E-state index contributed by atoms with van der Waals surface area (Å²) in [5.41, 5.74) is 3.02. The highest BCUT2D eigenvalue weighted by Gasteiger charge is 2.47. The van der Waals surface area contributed by atoms with E-state index in [9.17, 15) is 13.2 Å². The lowest BCUT2D eigenvalue weighted by atomic mass is 9.64. The van der Waals surface area contributed by atoms with Gasteiger partial charge in [0, 0.05) is 35.7 Å². The van der Waals surface area contributed by atoms with Gasteiger partial charge in [-0.25, -0.2) is 13.1 Å². The lowest BCUT2D eigenvalue weighted by Crippen LogP contribution is -2.52. The van der Waals surface area contributed by atoms with Crippen molar-refractivity contribution in [3.8, 4) is 5.75 Å². The minimum Gasteiger partial charge on any atom is -0.490 e. The summed E-state index contributed by atoms with van der Waals surface area (Å²) in [5, 5.41) is -0.00153. The van der Waals surface area contributed by atoms with E-state index in [-0.39, 0.29) is 11.3 Å². The Hall–Kier alpha value is -2.55. The second-order valence-corrected chi connectivity index (χ2v) is 16.5. The Bertz CT molecular complexity index is 1580. The van der Waals surface area contributed by atoms with Gasteiger partial charge in [0.25, 0.3) is 5.91 Å². The summed E-state index contributed by atoms with van der Waals surface area (Å²) in [6.45, 7) is 10.6. The van der Waals surface area contributed by atoms with Gasteiger partial charge >= 0.3 is 0 Å². The highest BCUT2D eigenvalue weighted by molar-refractivity contribution is 7.90. The number of halogens is 1. The zero-order valence-corrected chi connectivity index (χ0v) is 28.6. The van der Waals surface area contributed by atoms with Gasteiger partial charge in [0.2, 0.25) is 10.0 Å². The molecule has 4 aliphatic rings. The van der Waals surface area contributed by atoms with Crippen molar-refractivity contribution >= 4 is 33.2 Å². The van der Waals surface area contributed by atoms with Crippen molar-refractivity contribution in [2.45, 2.75) is 88.9 Å². The number of sulfonamides is 1. The number of aryl methyl sites for hydroxylation is 1. The Balaban J connectivity index is 1.44. The molecule has 2 aliphatic carbocycles. The minimum absolute atomic E-state index is 0.188. The molecule has 1 spiro atoms. The number of benzene rings is 2. The zero-order valence-electron chi connectivity index (χ0n) is 27.0. The normalized spacial score (nSPS) is 33.5. The molecule has 2 bridgehead atoms. The van der Waals surface area contributed by atoms with Gasteiger partial charge in [-0.05, 0) is 118 Å². The summed E-state index contributed by atoms with van der Waals surface area (Å²) in [6, 6.07) is 11.6. The van der Waals surface area contributed by atoms with Gasteiger partial charge in [0.1, 0.15) is 5.75 Å². The molecule has 6 rings (SSSR count). The molecule has 2 aromatic carbocycles. The molecule has 45 heavy (non-hydrogen) atoms. The van der Waals surface area contributed by atoms with Crippen molar-refractivity contribution in [1.82, 2.24) is 4.72 Å². The van der Waals surface area contributed by atoms with Crippen LogP contribution in [0, 0.1) is 17.8 Å². The second kappa shape index (κ2) is 12.6. The number of allylic oxidation sites excluding steroid dienone is 1. The van der Waals surface area contributed by atoms with E-state index in [0.717, 1.165) is 68.1 Å². The monoisotopic (exact) mass is 654 g/mol. The first-order valence-corrected chi connectivity index (χ1v) is 18.6. The Morgan fingerprint density at radius 2 is 1.98 bits per heavy atom. The fourth-order valence-corrected chi connectivity index (χ4v) is 9.46. The zero-order chi connectivity index (χ0) is 32.0. The molecule has 1 amide bonds. The van der Waals surface area contributed by atoms with Gasteiger partial charge in [-0.2, -0.15) is 0 Å². The fourth-order valence-electron chi connectivity index (χ4n) is 7.98. The van der Waals surface area contributed by atoms with Crippen molar-refractivity contribution in [2.75, 3.05) is 31.2 Å². The van der Waals surface area contributed by atoms with Gasteiger partial charge in [0.15, 0.2) is 0 Å². The van der Waals surface area contributed by atoms with Crippen molar-refractivity contribution in [2.24, 2.45) is 17.8 Å². The van der Waals surface area contributed by atoms with Crippen LogP contribution in [0.3, 0.4) is 0 Å². The van der Waals surface area contributed by atoms with Crippen molar-refractivity contribution in [3.63, 3.8) is 0 Å². The summed E-state index contributed by atoms with van der Waals surface area (Å²) in [5.74, 6) is 0.619. The number of carbonyl (C=O) groups excluding carboxylic acids is 1. The van der Waals surface area contributed by atoms with Gasteiger partial charge in [0.05, 0.1) is 23.1 Å². The number of nitrogens with zero attached hydrogens (tertiary/aromatic N) is 1. The molecule has 6 atom stereocenters. The summed E-state index contributed by atoms with van der Waals surface area (Å²) >= 11 is 6.44. The van der Waals surface area contributed by atoms with E-state index in [1.54, 1.807) is 13.0 Å². The molecule has 1 N–H and O–H groups in total. The second-order valence-electron chi connectivity index (χ2n) is 14.1. The topological polar surface area (TPSA) is 84.9 Å². The van der Waals surface area contributed by atoms with Gasteiger partial charge in [-0.3, -0.25) is 4.79 Å². The van der Waals surface area contributed by atoms with Crippen LogP contribution >= 0.6 is 11.6 Å². The third kappa shape index (κ3) is 6.27. The molecular weight excluding hydrogens is 608 g/mol. The molecule has 0 unspecified atom stereocenters. The summed E-state index contributed by atoms with van der Waals surface area (Å²) < 4.78 is 42.3. The van der Waals surface area contributed by atoms with E-state index >= 15 is 0 Å². The van der Waals surface area contributed by atoms with E-state index < -0.39 is 26.8 Å². The van der Waals surface area contributed by atoms with Crippen LogP contribution in [0.15, 0.2) is 48.6 Å². The number of fused-ring (bicyclic) bond motifs is 4. The fraction of sp³-hybridized carbons (Fsp3) is 0.583. The van der Waals surface area contributed by atoms with Crippen LogP contribution in [0.4, 0.5) is 5.69 Å². The predicted octanol–water partition coefficient (Wildman–Crippen LogP) is 7.07. The number of hydrogen-bond donors (Lipinski definition) is 1. The van der Waals surface area contributed by atoms with Crippen LogP contribution in [0.2, 0.25) is 5.02 Å². The van der Waals surface area contributed by atoms with Crippen LogP contribution in [-0.2, 0) is 26.6 Å². The number of amides is 1. The van der Waals surface area contributed by atoms with Crippen LogP contribution < -0.4 is 14.4 Å². The van der Waals surface area contributed by atoms with Gasteiger partial charge in [-0.15, -0.1) is 0 Å². The Morgan fingerprint density at radius 3 is 2.73 bits per heavy atom. The molecule has 0 radical (unpaired) electrons. The van der Waals surface area contributed by atoms with Crippen LogP contribution in [0.5, 0.6) is 5.75 Å². The number of nitrogens with one attached hydrogen (secondary N) is 1. The first-order chi connectivity index (χ1) is 21.4. The summed E-state index contributed by atoms with van der Waals surface area (Å²) in [4.78, 5) is 15.9. The molecule has 9 heteroatoms. The van der Waals surface area contributed by atoms with E-state index in [2.05, 4.69) is 47.8 Å².